The number of methoxy groups -OCH3 is 1. The van der Waals surface area contributed by atoms with Crippen molar-refractivity contribution in [2.24, 2.45) is 5.16 Å². The first-order valence-electron chi connectivity index (χ1n) is 7.70. The van der Waals surface area contributed by atoms with Gasteiger partial charge in [0.2, 0.25) is 0 Å². The minimum absolute atomic E-state index is 0.127. The Morgan fingerprint density at radius 2 is 2.04 bits per heavy atom. The van der Waals surface area contributed by atoms with Gasteiger partial charge in [0.15, 0.2) is 17.1 Å². The number of hydrogen-bond donors (Lipinski definition) is 1. The third kappa shape index (κ3) is 3.71. The van der Waals surface area contributed by atoms with Crippen LogP contribution in [0.3, 0.4) is 0 Å². The molecule has 130 valence electrons. The van der Waals surface area contributed by atoms with Gasteiger partial charge in [0.25, 0.3) is 0 Å². The highest BCUT2D eigenvalue weighted by molar-refractivity contribution is 6.01. The molecule has 1 aliphatic heterocycles. The van der Waals surface area contributed by atoms with Gasteiger partial charge in [-0.1, -0.05) is 5.16 Å². The van der Waals surface area contributed by atoms with E-state index in [9.17, 15) is 4.79 Å². The summed E-state index contributed by atoms with van der Waals surface area (Å²) >= 11 is 0. The summed E-state index contributed by atoms with van der Waals surface area (Å²) in [5, 5.41) is 13.3. The number of rotatable bonds is 6. The normalized spacial score (nSPS) is 19.0. The quantitative estimate of drug-likeness (QED) is 0.868. The van der Waals surface area contributed by atoms with Crippen molar-refractivity contribution in [3.8, 4) is 11.5 Å². The number of pyridine rings is 1. The molecule has 0 saturated heterocycles. The second kappa shape index (κ2) is 6.80. The molecular weight excluding hydrogens is 324 g/mol. The minimum atomic E-state index is -1.03. The molecule has 7 heteroatoms. The van der Waals surface area contributed by atoms with E-state index in [-0.39, 0.29) is 12.2 Å². The molecule has 1 aromatic carbocycles. The van der Waals surface area contributed by atoms with E-state index >= 15 is 0 Å². The standard InChI is InChI=1S/C18H18N2O5/c1-18(10-14(20-25-18)12-5-7-19-8-6-12)11-24-16-9-13(17(21)22)3-4-15(16)23-2/h3-9H,10-11H2,1-2H3,(H,21,22). The van der Waals surface area contributed by atoms with Gasteiger partial charge in [0.05, 0.1) is 18.4 Å². The van der Waals surface area contributed by atoms with Crippen molar-refractivity contribution in [2.45, 2.75) is 18.9 Å². The Morgan fingerprint density at radius 1 is 1.28 bits per heavy atom. The zero-order valence-corrected chi connectivity index (χ0v) is 13.9. The second-order valence-electron chi connectivity index (χ2n) is 5.95. The van der Waals surface area contributed by atoms with Crippen LogP contribution < -0.4 is 9.47 Å². The molecular formula is C18H18N2O5. The fourth-order valence-electron chi connectivity index (χ4n) is 2.51. The minimum Gasteiger partial charge on any atom is -0.493 e. The Labute approximate surface area is 144 Å². The molecule has 0 fully saturated rings. The number of carboxylic acids is 1. The zero-order chi connectivity index (χ0) is 17.9. The number of carboxylic acid groups (broad SMARTS) is 1. The smallest absolute Gasteiger partial charge is 0.335 e. The van der Waals surface area contributed by atoms with E-state index < -0.39 is 11.6 Å². The van der Waals surface area contributed by atoms with Gasteiger partial charge in [-0.25, -0.2) is 4.79 Å². The van der Waals surface area contributed by atoms with Gasteiger partial charge in [-0.05, 0) is 37.3 Å². The van der Waals surface area contributed by atoms with Crippen molar-refractivity contribution < 1.29 is 24.2 Å². The lowest BCUT2D eigenvalue weighted by Crippen LogP contribution is -2.33. The summed E-state index contributed by atoms with van der Waals surface area (Å²) in [4.78, 5) is 20.7. The van der Waals surface area contributed by atoms with Gasteiger partial charge in [-0.2, -0.15) is 0 Å². The molecule has 0 amide bonds. The fraction of sp³-hybridized carbons (Fsp3) is 0.278. The molecule has 25 heavy (non-hydrogen) atoms. The Balaban J connectivity index is 1.70. The first kappa shape index (κ1) is 16.8. The van der Waals surface area contributed by atoms with Gasteiger partial charge < -0.3 is 19.4 Å². The van der Waals surface area contributed by atoms with Gasteiger partial charge in [0, 0.05) is 24.4 Å². The molecule has 0 bridgehead atoms. The number of benzene rings is 1. The predicted octanol–water partition coefficient (Wildman–Crippen LogP) is 2.75. The highest BCUT2D eigenvalue weighted by Gasteiger charge is 2.36. The van der Waals surface area contributed by atoms with E-state index in [4.69, 9.17) is 19.4 Å². The molecule has 0 aliphatic carbocycles. The Hall–Kier alpha value is -3.09. The van der Waals surface area contributed by atoms with Crippen LogP contribution in [0.15, 0.2) is 47.9 Å². The third-order valence-corrected chi connectivity index (χ3v) is 3.87. The SMILES string of the molecule is COc1ccc(C(=O)O)cc1OCC1(C)CC(c2ccncc2)=NO1. The highest BCUT2D eigenvalue weighted by atomic mass is 16.7. The van der Waals surface area contributed by atoms with E-state index in [1.54, 1.807) is 18.5 Å². The van der Waals surface area contributed by atoms with Crippen molar-refractivity contribution in [1.29, 1.82) is 0 Å². The van der Waals surface area contributed by atoms with E-state index in [1.807, 2.05) is 19.1 Å². The number of aromatic nitrogens is 1. The molecule has 0 spiro atoms. The molecule has 3 rings (SSSR count). The summed E-state index contributed by atoms with van der Waals surface area (Å²) in [6.07, 6.45) is 3.97. The number of oxime groups is 1. The molecule has 0 radical (unpaired) electrons. The summed E-state index contributed by atoms with van der Waals surface area (Å²) in [5.74, 6) is -0.217. The summed E-state index contributed by atoms with van der Waals surface area (Å²) in [6, 6.07) is 8.20. The lowest BCUT2D eigenvalue weighted by molar-refractivity contribution is -0.0361. The summed E-state index contributed by atoms with van der Waals surface area (Å²) < 4.78 is 11.0. The van der Waals surface area contributed by atoms with Crippen LogP contribution in [0.2, 0.25) is 0 Å². The monoisotopic (exact) mass is 342 g/mol. The number of ether oxygens (including phenoxy) is 2. The molecule has 7 nitrogen and oxygen atoms in total. The van der Waals surface area contributed by atoms with E-state index in [0.717, 1.165) is 11.3 Å². The Kier molecular flexibility index (Phi) is 4.56. The second-order valence-corrected chi connectivity index (χ2v) is 5.95. The Bertz CT molecular complexity index is 806. The maximum atomic E-state index is 11.1. The largest absolute Gasteiger partial charge is 0.493 e. The number of aromatic carboxylic acids is 1. The average Bonchev–Trinajstić information content (AvgIpc) is 3.03. The summed E-state index contributed by atoms with van der Waals surface area (Å²) in [5.41, 5.74) is 1.24. The summed E-state index contributed by atoms with van der Waals surface area (Å²) in [7, 11) is 1.50. The molecule has 2 heterocycles. The average molecular weight is 342 g/mol. The molecule has 2 aromatic rings. The number of carbonyl (C=O) groups is 1. The lowest BCUT2D eigenvalue weighted by Gasteiger charge is -2.22. The molecule has 1 unspecified atom stereocenters. The van der Waals surface area contributed by atoms with Crippen LogP contribution in [0, 0.1) is 0 Å². The highest BCUT2D eigenvalue weighted by Crippen LogP contribution is 2.32. The zero-order valence-electron chi connectivity index (χ0n) is 13.9. The van der Waals surface area contributed by atoms with E-state index in [1.165, 1.54) is 19.2 Å². The Morgan fingerprint density at radius 3 is 2.72 bits per heavy atom. The van der Waals surface area contributed by atoms with Crippen LogP contribution >= 0.6 is 0 Å². The van der Waals surface area contributed by atoms with Crippen LogP contribution in [0.1, 0.15) is 29.3 Å². The topological polar surface area (TPSA) is 90.2 Å². The fourth-order valence-corrected chi connectivity index (χ4v) is 2.51. The van der Waals surface area contributed by atoms with Gasteiger partial charge in [-0.3, -0.25) is 4.98 Å². The first-order chi connectivity index (χ1) is 12.0. The molecule has 1 aliphatic rings. The third-order valence-electron chi connectivity index (χ3n) is 3.87. The maximum Gasteiger partial charge on any atom is 0.335 e. The van der Waals surface area contributed by atoms with E-state index in [2.05, 4.69) is 10.1 Å². The van der Waals surface area contributed by atoms with Crippen molar-refractivity contribution in [3.63, 3.8) is 0 Å². The van der Waals surface area contributed by atoms with Crippen molar-refractivity contribution in [3.05, 3.63) is 53.9 Å². The van der Waals surface area contributed by atoms with Gasteiger partial charge >= 0.3 is 5.97 Å². The van der Waals surface area contributed by atoms with Crippen LogP contribution in [-0.2, 0) is 4.84 Å². The van der Waals surface area contributed by atoms with Crippen LogP contribution in [0.25, 0.3) is 0 Å². The van der Waals surface area contributed by atoms with Crippen molar-refractivity contribution in [1.82, 2.24) is 4.98 Å². The number of nitrogens with zero attached hydrogens (tertiary/aromatic N) is 2. The van der Waals surface area contributed by atoms with Crippen LogP contribution in [0.5, 0.6) is 11.5 Å². The predicted molar refractivity (Wildman–Crippen MR) is 90.3 cm³/mol. The molecule has 1 atom stereocenters. The molecule has 0 saturated carbocycles. The maximum absolute atomic E-state index is 11.1. The van der Waals surface area contributed by atoms with Gasteiger partial charge in [0.1, 0.15) is 6.61 Å². The summed E-state index contributed by atoms with van der Waals surface area (Å²) in [6.45, 7) is 2.09. The first-order valence-corrected chi connectivity index (χ1v) is 7.70. The molecule has 1 aromatic heterocycles. The van der Waals surface area contributed by atoms with E-state index in [0.29, 0.717) is 17.9 Å². The van der Waals surface area contributed by atoms with Crippen molar-refractivity contribution in [2.75, 3.05) is 13.7 Å². The number of hydrogen-bond acceptors (Lipinski definition) is 6. The molecule has 1 N–H and O–H groups in total. The lowest BCUT2D eigenvalue weighted by atomic mass is 9.97. The van der Waals surface area contributed by atoms with Crippen LogP contribution in [0.4, 0.5) is 0 Å². The van der Waals surface area contributed by atoms with Crippen LogP contribution in [-0.4, -0.2) is 41.1 Å². The van der Waals surface area contributed by atoms with Gasteiger partial charge in [-0.15, -0.1) is 0 Å². The van der Waals surface area contributed by atoms with Crippen molar-refractivity contribution >= 4 is 11.7 Å².